The first-order chi connectivity index (χ1) is 9.85. The molecular weight excluding hydrogens is 250 g/mol. The van der Waals surface area contributed by atoms with E-state index in [0.29, 0.717) is 0 Å². The van der Waals surface area contributed by atoms with Gasteiger partial charge in [0.1, 0.15) is 0 Å². The van der Waals surface area contributed by atoms with Crippen LogP contribution >= 0.6 is 0 Å². The fourth-order valence-corrected chi connectivity index (χ4v) is 3.66. The summed E-state index contributed by atoms with van der Waals surface area (Å²) >= 11 is 0. The van der Waals surface area contributed by atoms with Gasteiger partial charge in [-0.15, -0.1) is 0 Å². The zero-order valence-electron chi connectivity index (χ0n) is 12.4. The third-order valence-corrected chi connectivity index (χ3v) is 4.84. The van der Waals surface area contributed by atoms with Gasteiger partial charge in [-0.2, -0.15) is 0 Å². The highest BCUT2D eigenvalue weighted by atomic mass is 16.7. The van der Waals surface area contributed by atoms with Crippen LogP contribution in [0.25, 0.3) is 0 Å². The number of nitrogens with zero attached hydrogens (tertiary/aromatic N) is 1. The van der Waals surface area contributed by atoms with Gasteiger partial charge in [-0.05, 0) is 37.9 Å². The highest BCUT2D eigenvalue weighted by molar-refractivity contribution is 5.26. The van der Waals surface area contributed by atoms with Crippen molar-refractivity contribution in [3.8, 4) is 0 Å². The second kappa shape index (κ2) is 6.25. The van der Waals surface area contributed by atoms with E-state index < -0.39 is 0 Å². The lowest BCUT2D eigenvalue weighted by atomic mass is 9.81. The monoisotopic (exact) mass is 275 g/mol. The molecule has 0 saturated carbocycles. The van der Waals surface area contributed by atoms with Crippen LogP contribution in [0, 0.1) is 0 Å². The molecule has 0 spiro atoms. The van der Waals surface area contributed by atoms with E-state index in [1.165, 1.54) is 37.9 Å². The van der Waals surface area contributed by atoms with Crippen LogP contribution in [0.5, 0.6) is 0 Å². The summed E-state index contributed by atoms with van der Waals surface area (Å²) in [5.41, 5.74) is 1.45. The van der Waals surface area contributed by atoms with Gasteiger partial charge in [0, 0.05) is 13.5 Å². The molecule has 0 aliphatic carbocycles. The average molecular weight is 275 g/mol. The number of benzene rings is 1. The summed E-state index contributed by atoms with van der Waals surface area (Å²) in [7, 11) is 1.74. The second-order valence-corrected chi connectivity index (χ2v) is 5.96. The predicted octanol–water partition coefficient (Wildman–Crippen LogP) is 3.15. The summed E-state index contributed by atoms with van der Waals surface area (Å²) in [6, 6.07) is 10.9. The average Bonchev–Trinajstić information content (AvgIpc) is 2.56. The molecule has 2 aliphatic heterocycles. The third kappa shape index (κ3) is 2.62. The van der Waals surface area contributed by atoms with E-state index in [1.807, 2.05) is 0 Å². The third-order valence-electron chi connectivity index (χ3n) is 4.84. The number of ether oxygens (including phenoxy) is 2. The smallest absolute Gasteiger partial charge is 0.157 e. The Balaban J connectivity index is 1.87. The van der Waals surface area contributed by atoms with Gasteiger partial charge < -0.3 is 9.47 Å². The summed E-state index contributed by atoms with van der Waals surface area (Å²) in [6.07, 6.45) is 6.04. The van der Waals surface area contributed by atoms with Crippen molar-refractivity contribution < 1.29 is 9.47 Å². The first kappa shape index (κ1) is 14.1. The molecule has 3 rings (SSSR count). The summed E-state index contributed by atoms with van der Waals surface area (Å²) in [4.78, 5) is 2.65. The van der Waals surface area contributed by atoms with E-state index >= 15 is 0 Å². The van der Waals surface area contributed by atoms with Crippen molar-refractivity contribution in [2.45, 2.75) is 43.9 Å². The van der Waals surface area contributed by atoms with Crippen molar-refractivity contribution in [2.75, 3.05) is 26.8 Å². The van der Waals surface area contributed by atoms with Crippen molar-refractivity contribution in [1.29, 1.82) is 0 Å². The molecular formula is C17H25NO2. The normalized spacial score (nSPS) is 32.1. The van der Waals surface area contributed by atoms with Crippen LogP contribution in [-0.2, 0) is 15.0 Å². The Morgan fingerprint density at radius 1 is 1.15 bits per heavy atom. The van der Waals surface area contributed by atoms with Crippen molar-refractivity contribution in [3.05, 3.63) is 35.9 Å². The number of hydrogen-bond donors (Lipinski definition) is 0. The summed E-state index contributed by atoms with van der Waals surface area (Å²) in [5.74, 6) is 0. The molecule has 0 amide bonds. The first-order valence-electron chi connectivity index (χ1n) is 7.80. The van der Waals surface area contributed by atoms with Crippen LogP contribution < -0.4 is 0 Å². The van der Waals surface area contributed by atoms with Gasteiger partial charge >= 0.3 is 0 Å². The Bertz CT molecular complexity index is 406. The molecule has 2 fully saturated rings. The highest BCUT2D eigenvalue weighted by Gasteiger charge is 2.42. The zero-order chi connectivity index (χ0) is 13.8. The van der Waals surface area contributed by atoms with E-state index in [4.69, 9.17) is 9.47 Å². The standard InChI is InChI=1S/C17H25NO2/c1-19-16-10-11-17(14-20-16,15-8-4-2-5-9-15)18-12-6-3-7-13-18/h2,4-5,8-9,16H,3,6-7,10-14H2,1H3/t16-,17-/m0/s1. The maximum Gasteiger partial charge on any atom is 0.157 e. The highest BCUT2D eigenvalue weighted by Crippen LogP contribution is 2.39. The molecule has 3 heteroatoms. The predicted molar refractivity (Wildman–Crippen MR) is 79.5 cm³/mol. The van der Waals surface area contributed by atoms with E-state index in [1.54, 1.807) is 7.11 Å². The first-order valence-corrected chi connectivity index (χ1v) is 7.80. The Morgan fingerprint density at radius 2 is 1.90 bits per heavy atom. The van der Waals surface area contributed by atoms with Crippen LogP contribution in [0.1, 0.15) is 37.7 Å². The van der Waals surface area contributed by atoms with E-state index in [0.717, 1.165) is 19.4 Å². The van der Waals surface area contributed by atoms with Gasteiger partial charge in [0.25, 0.3) is 0 Å². The molecule has 3 nitrogen and oxygen atoms in total. The zero-order valence-corrected chi connectivity index (χ0v) is 12.4. The van der Waals surface area contributed by atoms with Gasteiger partial charge in [-0.1, -0.05) is 36.8 Å². The topological polar surface area (TPSA) is 21.7 Å². The van der Waals surface area contributed by atoms with Crippen molar-refractivity contribution >= 4 is 0 Å². The van der Waals surface area contributed by atoms with Crippen LogP contribution in [0.3, 0.4) is 0 Å². The number of likely N-dealkylation sites (tertiary alicyclic amines) is 1. The fourth-order valence-electron chi connectivity index (χ4n) is 3.66. The Kier molecular flexibility index (Phi) is 4.39. The molecule has 1 aromatic rings. The minimum absolute atomic E-state index is 0.0309. The lowest BCUT2D eigenvalue weighted by Crippen LogP contribution is -2.54. The van der Waals surface area contributed by atoms with E-state index in [-0.39, 0.29) is 11.8 Å². The molecule has 2 aliphatic rings. The molecule has 0 aromatic heterocycles. The fraction of sp³-hybridized carbons (Fsp3) is 0.647. The minimum atomic E-state index is -0.0309. The summed E-state index contributed by atoms with van der Waals surface area (Å²) in [5, 5.41) is 0. The quantitative estimate of drug-likeness (QED) is 0.846. The van der Waals surface area contributed by atoms with Gasteiger partial charge in [0.15, 0.2) is 6.29 Å². The molecule has 110 valence electrons. The molecule has 0 radical (unpaired) electrons. The van der Waals surface area contributed by atoms with Gasteiger partial charge in [0.2, 0.25) is 0 Å². The maximum atomic E-state index is 5.99. The van der Waals surface area contributed by atoms with Crippen LogP contribution in [-0.4, -0.2) is 38.0 Å². The maximum absolute atomic E-state index is 5.99. The molecule has 0 N–H and O–H groups in total. The Hall–Kier alpha value is -0.900. The molecule has 2 atom stereocenters. The van der Waals surface area contributed by atoms with Gasteiger partial charge in [-0.25, -0.2) is 0 Å². The molecule has 2 saturated heterocycles. The Morgan fingerprint density at radius 3 is 2.50 bits per heavy atom. The number of hydrogen-bond acceptors (Lipinski definition) is 3. The number of methoxy groups -OCH3 is 1. The Labute approximate surface area is 121 Å². The lowest BCUT2D eigenvalue weighted by molar-refractivity contribution is -0.192. The van der Waals surface area contributed by atoms with Crippen molar-refractivity contribution in [1.82, 2.24) is 4.90 Å². The van der Waals surface area contributed by atoms with Crippen molar-refractivity contribution in [2.24, 2.45) is 0 Å². The van der Waals surface area contributed by atoms with E-state index in [2.05, 4.69) is 35.2 Å². The molecule has 2 heterocycles. The second-order valence-electron chi connectivity index (χ2n) is 5.96. The van der Waals surface area contributed by atoms with Crippen LogP contribution in [0.15, 0.2) is 30.3 Å². The number of rotatable bonds is 3. The SMILES string of the molecule is CO[C@@H]1CC[C@](c2ccccc2)(N2CCCCC2)CO1. The van der Waals surface area contributed by atoms with E-state index in [9.17, 15) is 0 Å². The molecule has 0 bridgehead atoms. The van der Waals surface area contributed by atoms with Crippen LogP contribution in [0.2, 0.25) is 0 Å². The lowest BCUT2D eigenvalue weighted by Gasteiger charge is -2.49. The molecule has 0 unspecified atom stereocenters. The minimum Gasteiger partial charge on any atom is -0.356 e. The molecule has 20 heavy (non-hydrogen) atoms. The van der Waals surface area contributed by atoms with Crippen molar-refractivity contribution in [3.63, 3.8) is 0 Å². The molecule has 1 aromatic carbocycles. The number of piperidine rings is 1. The van der Waals surface area contributed by atoms with Gasteiger partial charge in [-0.3, -0.25) is 4.90 Å². The summed E-state index contributed by atoms with van der Waals surface area (Å²) in [6.45, 7) is 3.13. The largest absolute Gasteiger partial charge is 0.356 e. The summed E-state index contributed by atoms with van der Waals surface area (Å²) < 4.78 is 11.4. The van der Waals surface area contributed by atoms with Crippen LogP contribution in [0.4, 0.5) is 0 Å². The van der Waals surface area contributed by atoms with Gasteiger partial charge in [0.05, 0.1) is 12.1 Å².